The molecule has 6 nitrogen and oxygen atoms in total. The number of anilines is 1. The van der Waals surface area contributed by atoms with Gasteiger partial charge in [-0.05, 0) is 43.7 Å². The smallest absolute Gasteiger partial charge is 0.280 e. The number of benzene rings is 2. The summed E-state index contributed by atoms with van der Waals surface area (Å²) in [5.41, 5.74) is 1.62. The molecule has 1 N–H and O–H groups in total. The number of ether oxygens (including phenoxy) is 1. The summed E-state index contributed by atoms with van der Waals surface area (Å²) >= 11 is 0. The molecule has 0 unspecified atom stereocenters. The Morgan fingerprint density at radius 1 is 1.12 bits per heavy atom. The highest BCUT2D eigenvalue weighted by Crippen LogP contribution is 2.16. The highest BCUT2D eigenvalue weighted by Gasteiger charge is 2.17. The van der Waals surface area contributed by atoms with Crippen molar-refractivity contribution in [3.63, 3.8) is 0 Å². The van der Waals surface area contributed by atoms with E-state index < -0.39 is 11.3 Å². The molecule has 0 aliphatic heterocycles. The number of nitrogens with zero attached hydrogens (tertiary/aromatic N) is 2. The lowest BCUT2D eigenvalue weighted by Crippen LogP contribution is -2.26. The minimum atomic E-state index is -0.562. The van der Waals surface area contributed by atoms with Gasteiger partial charge in [-0.15, -0.1) is 0 Å². The van der Waals surface area contributed by atoms with Gasteiger partial charge in [0.1, 0.15) is 0 Å². The number of hydrogen-bond donors (Lipinski definition) is 1. The summed E-state index contributed by atoms with van der Waals surface area (Å²) in [5, 5.41) is 6.96. The van der Waals surface area contributed by atoms with Crippen LogP contribution in [0.4, 0.5) is 5.69 Å². The van der Waals surface area contributed by atoms with Gasteiger partial charge in [0.2, 0.25) is 11.3 Å². The first kappa shape index (κ1) is 17.4. The van der Waals surface area contributed by atoms with Crippen molar-refractivity contribution in [3.05, 3.63) is 82.1 Å². The second-order valence-electron chi connectivity index (χ2n) is 5.70. The van der Waals surface area contributed by atoms with E-state index in [9.17, 15) is 9.59 Å². The second kappa shape index (κ2) is 7.65. The van der Waals surface area contributed by atoms with Crippen molar-refractivity contribution in [1.29, 1.82) is 0 Å². The molecule has 2 aromatic carbocycles. The normalized spacial score (nSPS) is 10.4. The highest BCUT2D eigenvalue weighted by atomic mass is 16.5. The molecule has 0 spiro atoms. The van der Waals surface area contributed by atoms with Crippen molar-refractivity contribution in [2.24, 2.45) is 0 Å². The van der Waals surface area contributed by atoms with Crippen molar-refractivity contribution in [2.75, 3.05) is 11.9 Å². The lowest BCUT2D eigenvalue weighted by molar-refractivity contribution is 0.101. The molecular formula is C20H19N3O3. The third-order valence-corrected chi connectivity index (χ3v) is 3.68. The fraction of sp³-hybridized carbons (Fsp3) is 0.150. The maximum atomic E-state index is 12.6. The van der Waals surface area contributed by atoms with Crippen molar-refractivity contribution in [2.45, 2.75) is 13.8 Å². The van der Waals surface area contributed by atoms with Gasteiger partial charge in [-0.3, -0.25) is 9.59 Å². The lowest BCUT2D eigenvalue weighted by Gasteiger charge is -2.13. The molecule has 0 aliphatic rings. The van der Waals surface area contributed by atoms with E-state index in [1.54, 1.807) is 6.07 Å². The van der Waals surface area contributed by atoms with Gasteiger partial charge in [-0.25, -0.2) is 4.68 Å². The Morgan fingerprint density at radius 3 is 2.58 bits per heavy atom. The van der Waals surface area contributed by atoms with Crippen LogP contribution in [0.2, 0.25) is 0 Å². The Labute approximate surface area is 151 Å². The molecule has 0 aliphatic carbocycles. The van der Waals surface area contributed by atoms with E-state index in [0.717, 1.165) is 5.56 Å². The predicted molar refractivity (Wildman–Crippen MR) is 100 cm³/mol. The van der Waals surface area contributed by atoms with E-state index in [0.29, 0.717) is 18.0 Å². The number of rotatable bonds is 5. The Morgan fingerprint density at radius 2 is 1.88 bits per heavy atom. The zero-order valence-corrected chi connectivity index (χ0v) is 14.6. The molecule has 0 saturated carbocycles. The summed E-state index contributed by atoms with van der Waals surface area (Å²) in [6.07, 6.45) is 0. The minimum Gasteiger partial charge on any atom is -0.478 e. The summed E-state index contributed by atoms with van der Waals surface area (Å²) in [5.74, 6) is -0.274. The number of para-hydroxylation sites is 1. The molecule has 6 heteroatoms. The van der Waals surface area contributed by atoms with Gasteiger partial charge in [0.05, 0.1) is 18.4 Å². The molecule has 0 radical (unpaired) electrons. The Balaban J connectivity index is 2.02. The zero-order valence-electron chi connectivity index (χ0n) is 14.6. The van der Waals surface area contributed by atoms with Crippen LogP contribution in [0.5, 0.6) is 5.88 Å². The third-order valence-electron chi connectivity index (χ3n) is 3.68. The monoisotopic (exact) mass is 349 g/mol. The van der Waals surface area contributed by atoms with E-state index in [4.69, 9.17) is 4.74 Å². The molecule has 0 atom stereocenters. The van der Waals surface area contributed by atoms with E-state index >= 15 is 0 Å². The van der Waals surface area contributed by atoms with Crippen LogP contribution in [0.3, 0.4) is 0 Å². The summed E-state index contributed by atoms with van der Waals surface area (Å²) < 4.78 is 6.96. The van der Waals surface area contributed by atoms with Gasteiger partial charge in [-0.1, -0.05) is 30.3 Å². The number of aromatic nitrogens is 2. The Bertz CT molecular complexity index is 981. The fourth-order valence-electron chi connectivity index (χ4n) is 2.52. The molecule has 3 aromatic rings. The number of hydrogen-bond acceptors (Lipinski definition) is 4. The first-order chi connectivity index (χ1) is 12.6. The van der Waals surface area contributed by atoms with E-state index in [1.807, 2.05) is 62.4 Å². The van der Waals surface area contributed by atoms with Crippen LogP contribution in [0, 0.1) is 6.92 Å². The topological polar surface area (TPSA) is 73.2 Å². The van der Waals surface area contributed by atoms with Crippen LogP contribution in [-0.2, 0) is 0 Å². The summed E-state index contributed by atoms with van der Waals surface area (Å²) in [6.45, 7) is 4.12. The summed E-state index contributed by atoms with van der Waals surface area (Å²) in [4.78, 5) is 25.0. The summed E-state index contributed by atoms with van der Waals surface area (Å²) in [6, 6.07) is 17.8. The molecule has 26 heavy (non-hydrogen) atoms. The van der Waals surface area contributed by atoms with Crippen LogP contribution in [-0.4, -0.2) is 22.3 Å². The molecule has 1 heterocycles. The Kier molecular flexibility index (Phi) is 5.12. The average molecular weight is 349 g/mol. The first-order valence-corrected chi connectivity index (χ1v) is 8.29. The standard InChI is InChI=1S/C20H19N3O3/c1-3-26-18-13-17(24)19(22-23(18)16-10-5-4-6-11-16)20(25)21-15-9-7-8-14(2)12-15/h4-13H,3H2,1-2H3,(H,21,25). The van der Waals surface area contributed by atoms with Crippen LogP contribution in [0.15, 0.2) is 65.5 Å². The molecule has 3 rings (SSSR count). The zero-order chi connectivity index (χ0) is 18.5. The van der Waals surface area contributed by atoms with E-state index in [2.05, 4.69) is 10.4 Å². The predicted octanol–water partition coefficient (Wildman–Crippen LogP) is 3.19. The van der Waals surface area contributed by atoms with E-state index in [-0.39, 0.29) is 11.6 Å². The Hall–Kier alpha value is -3.41. The number of aryl methyl sites for hydroxylation is 1. The van der Waals surface area contributed by atoms with Crippen molar-refractivity contribution < 1.29 is 9.53 Å². The minimum absolute atomic E-state index is 0.196. The number of amides is 1. The largest absolute Gasteiger partial charge is 0.478 e. The highest BCUT2D eigenvalue weighted by molar-refractivity contribution is 6.02. The molecule has 1 amide bonds. The molecular weight excluding hydrogens is 330 g/mol. The quantitative estimate of drug-likeness (QED) is 0.768. The number of carbonyl (C=O) groups is 1. The summed E-state index contributed by atoms with van der Waals surface area (Å²) in [7, 11) is 0. The van der Waals surface area contributed by atoms with Gasteiger partial charge in [0.15, 0.2) is 5.69 Å². The lowest BCUT2D eigenvalue weighted by atomic mass is 10.2. The van der Waals surface area contributed by atoms with Crippen LogP contribution < -0.4 is 15.5 Å². The SMILES string of the molecule is CCOc1cc(=O)c(C(=O)Nc2cccc(C)c2)nn1-c1ccccc1. The molecule has 0 bridgehead atoms. The molecule has 132 valence electrons. The van der Waals surface area contributed by atoms with Crippen molar-refractivity contribution in [3.8, 4) is 11.6 Å². The maximum absolute atomic E-state index is 12.6. The molecule has 0 saturated heterocycles. The van der Waals surface area contributed by atoms with Gasteiger partial charge in [0.25, 0.3) is 5.91 Å². The van der Waals surface area contributed by atoms with Crippen molar-refractivity contribution in [1.82, 2.24) is 9.78 Å². The van der Waals surface area contributed by atoms with Crippen LogP contribution in [0.1, 0.15) is 23.0 Å². The molecule has 1 aromatic heterocycles. The van der Waals surface area contributed by atoms with Gasteiger partial charge in [0, 0.05) is 5.69 Å². The van der Waals surface area contributed by atoms with Crippen LogP contribution >= 0.6 is 0 Å². The maximum Gasteiger partial charge on any atom is 0.280 e. The van der Waals surface area contributed by atoms with Gasteiger partial charge in [-0.2, -0.15) is 5.10 Å². The van der Waals surface area contributed by atoms with E-state index in [1.165, 1.54) is 10.7 Å². The number of carbonyl (C=O) groups excluding carboxylic acids is 1. The molecule has 0 fully saturated rings. The fourth-order valence-corrected chi connectivity index (χ4v) is 2.52. The van der Waals surface area contributed by atoms with Crippen molar-refractivity contribution >= 4 is 11.6 Å². The van der Waals surface area contributed by atoms with Crippen LogP contribution in [0.25, 0.3) is 5.69 Å². The van der Waals surface area contributed by atoms with Gasteiger partial charge >= 0.3 is 0 Å². The van der Waals surface area contributed by atoms with Gasteiger partial charge < -0.3 is 10.1 Å². The third kappa shape index (κ3) is 3.80. The second-order valence-corrected chi connectivity index (χ2v) is 5.70. The first-order valence-electron chi connectivity index (χ1n) is 8.29. The average Bonchev–Trinajstić information content (AvgIpc) is 2.63. The number of nitrogens with one attached hydrogen (secondary N) is 1.